The van der Waals surface area contributed by atoms with Gasteiger partial charge in [0, 0.05) is 35.1 Å². The number of pyridine rings is 2. The first-order valence-electron chi connectivity index (χ1n) is 20.1. The average Bonchev–Trinajstić information content (AvgIpc) is 3.79. The second kappa shape index (κ2) is 11.6. The Labute approximate surface area is 335 Å². The number of nitrogens with zero attached hydrogens (tertiary/aromatic N) is 2. The molecule has 0 saturated heterocycles. The van der Waals surface area contributed by atoms with Crippen LogP contribution in [-0.4, -0.2) is 9.97 Å². The molecule has 11 aromatic rings. The fourth-order valence-corrected chi connectivity index (χ4v) is 10.7. The molecule has 2 aliphatic carbocycles. The van der Waals surface area contributed by atoms with Crippen LogP contribution in [0.15, 0.2) is 170 Å². The van der Waals surface area contributed by atoms with Crippen LogP contribution in [0.4, 0.5) is 0 Å². The van der Waals surface area contributed by atoms with E-state index in [0.29, 0.717) is 0 Å². The van der Waals surface area contributed by atoms with Crippen molar-refractivity contribution in [2.75, 3.05) is 0 Å². The standard InChI is InChI=1S/C56H34N2/c1-31-18-20-36-43(27-31)44(28-46-38-21-19-32(2)49-42-17-10-25-58-56(42)47(53(38)49)29-45(36)46)35-22-23-41-52-37(35)15-9-16-40(52)54-50(33-11-5-3-6-12-33)39-24-26-57-30-48(39)51(55(41)54)34-13-7-4-8-14-34/h3-30H,1-2H3. The van der Waals surface area contributed by atoms with E-state index in [1.807, 2.05) is 12.4 Å². The van der Waals surface area contributed by atoms with E-state index in [1.165, 1.54) is 137 Å². The maximum atomic E-state index is 4.95. The molecule has 2 heterocycles. The Morgan fingerprint density at radius 1 is 0.345 bits per heavy atom. The SMILES string of the molecule is Cc1ccc2c(c1)c(-c1ccc3c4c(cccc14)-c1c-3c(-c3ccccc3)c3cnccc3c1-c1ccccc1)cc1c3ccc(C)c4c3c(cc21)-c1ncccc1-4. The molecule has 0 saturated carbocycles. The molecule has 0 aliphatic heterocycles. The highest BCUT2D eigenvalue weighted by Gasteiger charge is 2.32. The van der Waals surface area contributed by atoms with Gasteiger partial charge in [-0.1, -0.05) is 133 Å². The smallest absolute Gasteiger partial charge is 0.0787 e. The summed E-state index contributed by atoms with van der Waals surface area (Å²) in [5.74, 6) is 0. The Balaban J connectivity index is 1.16. The van der Waals surface area contributed by atoms with Gasteiger partial charge in [0.05, 0.1) is 5.69 Å². The van der Waals surface area contributed by atoms with Gasteiger partial charge < -0.3 is 0 Å². The van der Waals surface area contributed by atoms with Crippen LogP contribution in [0.3, 0.4) is 0 Å². The average molecular weight is 735 g/mol. The van der Waals surface area contributed by atoms with Gasteiger partial charge >= 0.3 is 0 Å². The minimum absolute atomic E-state index is 1.09. The summed E-state index contributed by atoms with van der Waals surface area (Å²) in [6, 6.07) is 56.6. The van der Waals surface area contributed by atoms with Gasteiger partial charge in [0.1, 0.15) is 0 Å². The topological polar surface area (TPSA) is 25.8 Å². The van der Waals surface area contributed by atoms with Crippen molar-refractivity contribution in [3.63, 3.8) is 0 Å². The molecule has 9 aromatic carbocycles. The van der Waals surface area contributed by atoms with Gasteiger partial charge in [-0.3, -0.25) is 9.97 Å². The van der Waals surface area contributed by atoms with Gasteiger partial charge in [-0.05, 0) is 153 Å². The van der Waals surface area contributed by atoms with E-state index in [4.69, 9.17) is 9.97 Å². The van der Waals surface area contributed by atoms with Crippen molar-refractivity contribution < 1.29 is 0 Å². The summed E-state index contributed by atoms with van der Waals surface area (Å²) in [7, 11) is 0. The van der Waals surface area contributed by atoms with E-state index in [9.17, 15) is 0 Å². The lowest BCUT2D eigenvalue weighted by Crippen LogP contribution is -1.94. The normalized spacial score (nSPS) is 12.3. The van der Waals surface area contributed by atoms with Crippen LogP contribution in [0.2, 0.25) is 0 Å². The van der Waals surface area contributed by atoms with Crippen molar-refractivity contribution in [1.82, 2.24) is 9.97 Å². The quantitative estimate of drug-likeness (QED) is 0.169. The summed E-state index contributed by atoms with van der Waals surface area (Å²) in [5.41, 5.74) is 20.0. The lowest BCUT2D eigenvalue weighted by Gasteiger charge is -2.20. The molecular formula is C56H34N2. The molecule has 2 aromatic heterocycles. The van der Waals surface area contributed by atoms with E-state index in [-0.39, 0.29) is 0 Å². The van der Waals surface area contributed by atoms with E-state index in [1.54, 1.807) is 0 Å². The number of hydrogen-bond acceptors (Lipinski definition) is 2. The molecule has 0 radical (unpaired) electrons. The molecule has 0 fully saturated rings. The Morgan fingerprint density at radius 2 is 1.03 bits per heavy atom. The summed E-state index contributed by atoms with van der Waals surface area (Å²) in [4.78, 5) is 9.67. The molecular weight excluding hydrogens is 701 g/mol. The third kappa shape index (κ3) is 4.11. The minimum Gasteiger partial charge on any atom is -0.264 e. The predicted molar refractivity (Wildman–Crippen MR) is 244 cm³/mol. The monoisotopic (exact) mass is 734 g/mol. The van der Waals surface area contributed by atoms with E-state index < -0.39 is 0 Å². The number of fused-ring (bicyclic) bond motifs is 11. The highest BCUT2D eigenvalue weighted by atomic mass is 14.7. The van der Waals surface area contributed by atoms with Crippen LogP contribution < -0.4 is 0 Å². The molecule has 0 bridgehead atoms. The van der Waals surface area contributed by atoms with Crippen molar-refractivity contribution in [2.24, 2.45) is 0 Å². The number of hydrogen-bond donors (Lipinski definition) is 0. The van der Waals surface area contributed by atoms with Gasteiger partial charge in [-0.2, -0.15) is 0 Å². The fraction of sp³-hybridized carbons (Fsp3) is 0.0357. The van der Waals surface area contributed by atoms with E-state index in [2.05, 4.69) is 172 Å². The highest BCUT2D eigenvalue weighted by Crippen LogP contribution is 2.59. The Hall–Kier alpha value is -7.42. The third-order valence-corrected chi connectivity index (χ3v) is 13.0. The van der Waals surface area contributed by atoms with E-state index >= 15 is 0 Å². The number of rotatable bonds is 3. The maximum Gasteiger partial charge on any atom is 0.0787 e. The molecule has 268 valence electrons. The zero-order chi connectivity index (χ0) is 38.2. The maximum absolute atomic E-state index is 4.95. The van der Waals surface area contributed by atoms with Crippen LogP contribution in [0.5, 0.6) is 0 Å². The van der Waals surface area contributed by atoms with Gasteiger partial charge in [0.15, 0.2) is 0 Å². The Morgan fingerprint density at radius 3 is 1.84 bits per heavy atom. The molecule has 0 spiro atoms. The van der Waals surface area contributed by atoms with Crippen LogP contribution in [-0.2, 0) is 0 Å². The number of benzene rings is 9. The first kappa shape index (κ1) is 31.7. The molecule has 0 unspecified atom stereocenters. The Bertz CT molecular complexity index is 3530. The molecule has 0 atom stereocenters. The largest absolute Gasteiger partial charge is 0.264 e. The van der Waals surface area contributed by atoms with Crippen LogP contribution in [0, 0.1) is 13.8 Å². The van der Waals surface area contributed by atoms with Crippen LogP contribution in [0.25, 0.3) is 132 Å². The first-order valence-corrected chi connectivity index (χ1v) is 20.1. The molecule has 58 heavy (non-hydrogen) atoms. The molecule has 2 aliphatic rings. The van der Waals surface area contributed by atoms with Gasteiger partial charge in [0.2, 0.25) is 0 Å². The number of aryl methyl sites for hydroxylation is 2. The summed E-state index contributed by atoms with van der Waals surface area (Å²) >= 11 is 0. The zero-order valence-corrected chi connectivity index (χ0v) is 32.1. The summed E-state index contributed by atoms with van der Waals surface area (Å²) in [5, 5.41) is 12.7. The third-order valence-electron chi connectivity index (χ3n) is 13.0. The van der Waals surface area contributed by atoms with Gasteiger partial charge in [-0.25, -0.2) is 0 Å². The zero-order valence-electron chi connectivity index (χ0n) is 32.1. The molecule has 0 N–H and O–H groups in total. The first-order chi connectivity index (χ1) is 28.6. The van der Waals surface area contributed by atoms with Crippen LogP contribution in [0.1, 0.15) is 11.1 Å². The second-order valence-electron chi connectivity index (χ2n) is 16.1. The van der Waals surface area contributed by atoms with Crippen LogP contribution >= 0.6 is 0 Å². The Kier molecular flexibility index (Phi) is 6.33. The lowest BCUT2D eigenvalue weighted by molar-refractivity contribution is 1.34. The van der Waals surface area contributed by atoms with Gasteiger partial charge in [0.25, 0.3) is 0 Å². The molecule has 13 rings (SSSR count). The second-order valence-corrected chi connectivity index (χ2v) is 16.1. The molecule has 0 amide bonds. The highest BCUT2D eigenvalue weighted by molar-refractivity contribution is 6.32. The van der Waals surface area contributed by atoms with E-state index in [0.717, 1.165) is 5.69 Å². The minimum atomic E-state index is 1.09. The van der Waals surface area contributed by atoms with Crippen molar-refractivity contribution in [3.8, 4) is 78.0 Å². The number of aromatic nitrogens is 2. The van der Waals surface area contributed by atoms with Crippen molar-refractivity contribution in [2.45, 2.75) is 13.8 Å². The summed E-state index contributed by atoms with van der Waals surface area (Å²) in [6.45, 7) is 4.44. The van der Waals surface area contributed by atoms with Gasteiger partial charge in [-0.15, -0.1) is 0 Å². The molecule has 2 nitrogen and oxygen atoms in total. The van der Waals surface area contributed by atoms with Crippen molar-refractivity contribution >= 4 is 53.9 Å². The fourth-order valence-electron chi connectivity index (χ4n) is 10.7. The summed E-state index contributed by atoms with van der Waals surface area (Å²) in [6.07, 6.45) is 5.94. The summed E-state index contributed by atoms with van der Waals surface area (Å²) < 4.78 is 0. The predicted octanol–water partition coefficient (Wildman–Crippen LogP) is 15.2. The molecule has 2 heteroatoms. The lowest BCUT2D eigenvalue weighted by atomic mass is 9.83. The van der Waals surface area contributed by atoms with Crippen molar-refractivity contribution in [1.29, 1.82) is 0 Å². The van der Waals surface area contributed by atoms with Crippen molar-refractivity contribution in [3.05, 3.63) is 181 Å².